The van der Waals surface area contributed by atoms with Crippen LogP contribution in [0.4, 0.5) is 0 Å². The van der Waals surface area contributed by atoms with Gasteiger partial charge in [0.1, 0.15) is 0 Å². The third-order valence-corrected chi connectivity index (χ3v) is 5.24. The molecule has 0 spiro atoms. The fourth-order valence-electron chi connectivity index (χ4n) is 1.74. The molecular formula is C8H11ClN2O3S. The Kier molecular flexibility index (Phi) is 2.64. The molecule has 0 saturated carbocycles. The average molecular weight is 251 g/mol. The molecule has 0 bridgehead atoms. The van der Waals surface area contributed by atoms with Crippen molar-refractivity contribution in [3.05, 3.63) is 11.3 Å². The van der Waals surface area contributed by atoms with Gasteiger partial charge >= 0.3 is 0 Å². The number of halogens is 1. The summed E-state index contributed by atoms with van der Waals surface area (Å²) in [5.41, 5.74) is 0. The van der Waals surface area contributed by atoms with E-state index in [4.69, 9.17) is 11.6 Å². The molecule has 0 aromatic carbocycles. The molecule has 0 amide bonds. The highest BCUT2D eigenvalue weighted by Gasteiger charge is 2.32. The summed E-state index contributed by atoms with van der Waals surface area (Å²) < 4.78 is 24.4. The van der Waals surface area contributed by atoms with Crippen LogP contribution in [0.1, 0.15) is 12.8 Å². The van der Waals surface area contributed by atoms with Gasteiger partial charge in [0.05, 0.1) is 23.7 Å². The van der Waals surface area contributed by atoms with Crippen molar-refractivity contribution < 1.29 is 13.5 Å². The van der Waals surface area contributed by atoms with Crippen LogP contribution in [0.5, 0.6) is 5.75 Å². The third kappa shape index (κ3) is 1.96. The quantitative estimate of drug-likeness (QED) is 0.844. The molecule has 84 valence electrons. The highest BCUT2D eigenvalue weighted by atomic mass is 35.5. The Bertz CT molecular complexity index is 468. The van der Waals surface area contributed by atoms with Crippen molar-refractivity contribution in [3.8, 4) is 5.75 Å². The van der Waals surface area contributed by atoms with Gasteiger partial charge in [-0.1, -0.05) is 11.6 Å². The Hall–Kier alpha value is -0.750. The second-order valence-corrected chi connectivity index (χ2v) is 6.39. The minimum atomic E-state index is -2.99. The summed E-state index contributed by atoms with van der Waals surface area (Å²) in [6.07, 6.45) is 2.54. The predicted molar refractivity (Wildman–Crippen MR) is 55.7 cm³/mol. The highest BCUT2D eigenvalue weighted by Crippen LogP contribution is 2.26. The van der Waals surface area contributed by atoms with Crippen LogP contribution in [0.15, 0.2) is 6.20 Å². The summed E-state index contributed by atoms with van der Waals surface area (Å²) in [4.78, 5) is 0. The average Bonchev–Trinajstić information content (AvgIpc) is 2.64. The number of rotatable bonds is 2. The van der Waals surface area contributed by atoms with Crippen molar-refractivity contribution in [2.24, 2.45) is 0 Å². The molecule has 1 aliphatic heterocycles. The normalized spacial score (nSPS) is 24.5. The number of nitrogens with zero attached hydrogens (tertiary/aromatic N) is 2. The minimum absolute atomic E-state index is 0.0945. The minimum Gasteiger partial charge on any atom is -0.504 e. The molecule has 2 rings (SSSR count). The largest absolute Gasteiger partial charge is 0.504 e. The summed E-state index contributed by atoms with van der Waals surface area (Å²) in [5.74, 6) is 0.120. The number of hydrogen-bond donors (Lipinski definition) is 1. The monoisotopic (exact) mass is 250 g/mol. The first-order chi connectivity index (χ1) is 7.00. The topological polar surface area (TPSA) is 72.2 Å². The smallest absolute Gasteiger partial charge is 0.172 e. The first-order valence-electron chi connectivity index (χ1n) is 4.62. The number of hydrogen-bond acceptors (Lipinski definition) is 4. The van der Waals surface area contributed by atoms with E-state index in [1.54, 1.807) is 0 Å². The molecule has 1 aliphatic rings. The lowest BCUT2D eigenvalue weighted by molar-refractivity contribution is 0.472. The van der Waals surface area contributed by atoms with Gasteiger partial charge in [-0.05, 0) is 12.8 Å². The van der Waals surface area contributed by atoms with E-state index in [1.807, 2.05) is 0 Å². The first-order valence-corrected chi connectivity index (χ1v) is 6.72. The molecule has 1 aromatic heterocycles. The lowest BCUT2D eigenvalue weighted by Gasteiger charge is -2.09. The molecule has 7 heteroatoms. The third-order valence-electron chi connectivity index (χ3n) is 2.60. The van der Waals surface area contributed by atoms with Crippen LogP contribution in [0, 0.1) is 0 Å². The second kappa shape index (κ2) is 3.68. The zero-order chi connectivity index (χ0) is 11.1. The molecule has 0 aliphatic carbocycles. The fourth-order valence-corrected chi connectivity index (χ4v) is 3.70. The Labute approximate surface area is 92.6 Å². The highest BCUT2D eigenvalue weighted by molar-refractivity contribution is 7.92. The number of sulfone groups is 1. The molecular weight excluding hydrogens is 240 g/mol. The van der Waals surface area contributed by atoms with Crippen molar-refractivity contribution in [2.45, 2.75) is 24.6 Å². The van der Waals surface area contributed by atoms with Gasteiger partial charge < -0.3 is 5.11 Å². The van der Waals surface area contributed by atoms with Crippen molar-refractivity contribution >= 4 is 21.4 Å². The van der Waals surface area contributed by atoms with E-state index in [-0.39, 0.29) is 23.2 Å². The van der Waals surface area contributed by atoms with Crippen LogP contribution in [0.25, 0.3) is 0 Å². The summed E-state index contributed by atoms with van der Waals surface area (Å²) in [6.45, 7) is 0.224. The standard InChI is InChI=1S/C8H11ClN2O3S/c9-8-7(12)4-10-11(8)5-6-2-1-3-15(6,13)14/h4,6,12H,1-3,5H2. The molecule has 5 nitrogen and oxygen atoms in total. The van der Waals surface area contributed by atoms with Crippen LogP contribution in [-0.2, 0) is 16.4 Å². The Morgan fingerprint density at radius 3 is 2.87 bits per heavy atom. The van der Waals surface area contributed by atoms with E-state index >= 15 is 0 Å². The van der Waals surface area contributed by atoms with Gasteiger partial charge in [0.2, 0.25) is 0 Å². The molecule has 0 radical (unpaired) electrons. The van der Waals surface area contributed by atoms with E-state index in [0.717, 1.165) is 0 Å². The summed E-state index contributed by atoms with van der Waals surface area (Å²) in [7, 11) is -2.99. The lowest BCUT2D eigenvalue weighted by atomic mass is 10.2. The summed E-state index contributed by atoms with van der Waals surface area (Å²) >= 11 is 5.74. The van der Waals surface area contributed by atoms with Crippen LogP contribution < -0.4 is 0 Å². The van der Waals surface area contributed by atoms with Gasteiger partial charge in [-0.15, -0.1) is 0 Å². The maximum atomic E-state index is 11.5. The van der Waals surface area contributed by atoms with Crippen molar-refractivity contribution in [2.75, 3.05) is 5.75 Å². The van der Waals surface area contributed by atoms with Crippen LogP contribution in [0.2, 0.25) is 5.15 Å². The first kappa shape index (κ1) is 10.8. The van der Waals surface area contributed by atoms with Gasteiger partial charge in [0, 0.05) is 0 Å². The van der Waals surface area contributed by atoms with Crippen LogP contribution >= 0.6 is 11.6 Å². The molecule has 15 heavy (non-hydrogen) atoms. The molecule has 1 fully saturated rings. The Morgan fingerprint density at radius 1 is 1.67 bits per heavy atom. The zero-order valence-corrected chi connectivity index (χ0v) is 9.50. The van der Waals surface area contributed by atoms with Crippen molar-refractivity contribution in [3.63, 3.8) is 0 Å². The summed E-state index contributed by atoms with van der Waals surface area (Å²) in [6, 6.07) is 0. The molecule has 1 aromatic rings. The van der Waals surface area contributed by atoms with E-state index in [9.17, 15) is 13.5 Å². The molecule has 1 unspecified atom stereocenters. The van der Waals surface area contributed by atoms with E-state index in [2.05, 4.69) is 5.10 Å². The second-order valence-electron chi connectivity index (χ2n) is 3.63. The van der Waals surface area contributed by atoms with E-state index < -0.39 is 15.1 Å². The zero-order valence-electron chi connectivity index (χ0n) is 7.93. The van der Waals surface area contributed by atoms with Crippen LogP contribution in [-0.4, -0.2) is 34.3 Å². The van der Waals surface area contributed by atoms with E-state index in [1.165, 1.54) is 10.9 Å². The fraction of sp³-hybridized carbons (Fsp3) is 0.625. The lowest BCUT2D eigenvalue weighted by Crippen LogP contribution is -2.22. The maximum absolute atomic E-state index is 11.5. The summed E-state index contributed by atoms with van der Waals surface area (Å²) in [5, 5.41) is 12.7. The van der Waals surface area contributed by atoms with Gasteiger partial charge in [-0.25, -0.2) is 13.1 Å². The van der Waals surface area contributed by atoms with Crippen LogP contribution in [0.3, 0.4) is 0 Å². The predicted octanol–water partition coefficient (Wildman–Crippen LogP) is 0.819. The SMILES string of the molecule is O=S1(=O)CCCC1Cn1ncc(O)c1Cl. The molecule has 1 atom stereocenters. The number of aromatic hydroxyl groups is 1. The molecule has 1 N–H and O–H groups in total. The van der Waals surface area contributed by atoms with Gasteiger partial charge in [-0.2, -0.15) is 5.10 Å². The maximum Gasteiger partial charge on any atom is 0.172 e. The van der Waals surface area contributed by atoms with Gasteiger partial charge in [0.25, 0.3) is 0 Å². The Balaban J connectivity index is 2.19. The number of aromatic nitrogens is 2. The van der Waals surface area contributed by atoms with Gasteiger partial charge in [-0.3, -0.25) is 0 Å². The van der Waals surface area contributed by atoms with E-state index in [0.29, 0.717) is 12.8 Å². The van der Waals surface area contributed by atoms with Gasteiger partial charge in [0.15, 0.2) is 20.7 Å². The molecule has 1 saturated heterocycles. The van der Waals surface area contributed by atoms with Crippen molar-refractivity contribution in [1.82, 2.24) is 9.78 Å². The van der Waals surface area contributed by atoms with Crippen molar-refractivity contribution in [1.29, 1.82) is 0 Å². The Morgan fingerprint density at radius 2 is 2.40 bits per heavy atom. The molecule has 2 heterocycles.